The maximum atomic E-state index is 13.5. The van der Waals surface area contributed by atoms with Crippen molar-refractivity contribution >= 4 is 22.0 Å². The third-order valence-electron chi connectivity index (χ3n) is 7.52. The molecule has 1 unspecified atom stereocenters. The molecule has 0 aromatic heterocycles. The Bertz CT molecular complexity index is 1220. The quantitative estimate of drug-likeness (QED) is 0.480. The fraction of sp³-hybridized carbons (Fsp3) is 0.640. The number of ether oxygens (including phenoxy) is 2. The predicted octanol–water partition coefficient (Wildman–Crippen LogP) is 1.88. The van der Waals surface area contributed by atoms with Crippen LogP contribution >= 0.6 is 0 Å². The molecule has 1 aromatic rings. The van der Waals surface area contributed by atoms with Gasteiger partial charge in [0, 0.05) is 32.7 Å². The zero-order chi connectivity index (χ0) is 28.3. The molecule has 3 aliphatic rings. The summed E-state index contributed by atoms with van der Waals surface area (Å²) in [5.41, 5.74) is 0.607. The molecule has 0 saturated carbocycles. The van der Waals surface area contributed by atoms with Crippen LogP contribution in [0.3, 0.4) is 0 Å². The number of nitrogens with zero attached hydrogens (tertiary/aromatic N) is 4. The number of nitriles is 1. The monoisotopic (exact) mass is 569 g/mol. The van der Waals surface area contributed by atoms with Crippen molar-refractivity contribution in [1.29, 1.82) is 5.26 Å². The summed E-state index contributed by atoms with van der Waals surface area (Å²) in [4.78, 5) is 28.2. The summed E-state index contributed by atoms with van der Waals surface area (Å²) < 4.78 is 63.4. The molecule has 0 bridgehead atoms. The minimum atomic E-state index is -3.75. The molecular formula is C25H33F2N5O6S. The highest BCUT2D eigenvalue weighted by Crippen LogP contribution is 2.32. The molecule has 2 amide bonds. The lowest BCUT2D eigenvalue weighted by Gasteiger charge is -2.41. The SMILES string of the molecule is COc1cc(C(C)NC(=O)[C@H]2CCCN2C(=O)[C@H]2CCCN(S(=O)(=O)N3CC(C#N)C3)C2)ccc1OC(F)F. The lowest BCUT2D eigenvalue weighted by Crippen LogP contribution is -2.57. The van der Waals surface area contributed by atoms with E-state index in [1.54, 1.807) is 17.9 Å². The first-order chi connectivity index (χ1) is 18.5. The Morgan fingerprint density at radius 1 is 1.10 bits per heavy atom. The summed E-state index contributed by atoms with van der Waals surface area (Å²) in [5.74, 6) is -1.47. The topological polar surface area (TPSA) is 132 Å². The van der Waals surface area contributed by atoms with E-state index in [2.05, 4.69) is 16.1 Å². The average molecular weight is 570 g/mol. The molecule has 4 rings (SSSR count). The van der Waals surface area contributed by atoms with Crippen molar-refractivity contribution in [3.8, 4) is 17.6 Å². The number of alkyl halides is 2. The number of likely N-dealkylation sites (tertiary alicyclic amines) is 1. The molecule has 0 spiro atoms. The molecule has 39 heavy (non-hydrogen) atoms. The third kappa shape index (κ3) is 6.26. The Hall–Kier alpha value is -3.02. The molecule has 3 saturated heterocycles. The number of carbonyl (C=O) groups excluding carboxylic acids is 2. The fourth-order valence-electron chi connectivity index (χ4n) is 5.30. The predicted molar refractivity (Wildman–Crippen MR) is 135 cm³/mol. The van der Waals surface area contributed by atoms with E-state index in [1.165, 1.54) is 27.9 Å². The van der Waals surface area contributed by atoms with E-state index in [-0.39, 0.29) is 48.9 Å². The van der Waals surface area contributed by atoms with Gasteiger partial charge >= 0.3 is 6.61 Å². The van der Waals surface area contributed by atoms with Gasteiger partial charge in [-0.3, -0.25) is 9.59 Å². The van der Waals surface area contributed by atoms with Gasteiger partial charge in [0.2, 0.25) is 11.8 Å². The van der Waals surface area contributed by atoms with Gasteiger partial charge in [0.25, 0.3) is 10.2 Å². The lowest BCUT2D eigenvalue weighted by molar-refractivity contribution is -0.142. The van der Waals surface area contributed by atoms with Crippen LogP contribution in [0.4, 0.5) is 8.78 Å². The Kier molecular flexibility index (Phi) is 8.93. The number of rotatable bonds is 9. The molecule has 1 aromatic carbocycles. The van der Waals surface area contributed by atoms with E-state index in [4.69, 9.17) is 10.00 Å². The molecule has 14 heteroatoms. The first-order valence-corrected chi connectivity index (χ1v) is 14.3. The second-order valence-corrected chi connectivity index (χ2v) is 12.0. The van der Waals surface area contributed by atoms with Gasteiger partial charge in [-0.1, -0.05) is 6.07 Å². The van der Waals surface area contributed by atoms with Gasteiger partial charge in [-0.2, -0.15) is 31.1 Å². The smallest absolute Gasteiger partial charge is 0.387 e. The minimum absolute atomic E-state index is 0.0446. The molecule has 0 aliphatic carbocycles. The second-order valence-electron chi connectivity index (χ2n) is 10.1. The molecule has 214 valence electrons. The highest BCUT2D eigenvalue weighted by Gasteiger charge is 2.44. The molecule has 3 atom stereocenters. The Morgan fingerprint density at radius 2 is 1.82 bits per heavy atom. The van der Waals surface area contributed by atoms with Crippen LogP contribution in [0.25, 0.3) is 0 Å². The number of carbonyl (C=O) groups is 2. The maximum Gasteiger partial charge on any atom is 0.387 e. The van der Waals surface area contributed by atoms with E-state index in [0.717, 1.165) is 0 Å². The minimum Gasteiger partial charge on any atom is -0.493 e. The Balaban J connectivity index is 1.38. The number of amides is 2. The summed E-state index contributed by atoms with van der Waals surface area (Å²) >= 11 is 0. The van der Waals surface area contributed by atoms with Crippen LogP contribution in [-0.4, -0.2) is 86.2 Å². The van der Waals surface area contributed by atoms with Crippen LogP contribution in [0.1, 0.15) is 44.2 Å². The zero-order valence-electron chi connectivity index (χ0n) is 21.9. The average Bonchev–Trinajstić information content (AvgIpc) is 3.37. The first-order valence-electron chi connectivity index (χ1n) is 12.9. The van der Waals surface area contributed by atoms with Gasteiger partial charge in [0.15, 0.2) is 11.5 Å². The van der Waals surface area contributed by atoms with E-state index in [0.29, 0.717) is 44.3 Å². The van der Waals surface area contributed by atoms with Crippen LogP contribution < -0.4 is 14.8 Å². The van der Waals surface area contributed by atoms with Crippen LogP contribution in [0, 0.1) is 23.2 Å². The number of hydrogen-bond acceptors (Lipinski definition) is 7. The highest BCUT2D eigenvalue weighted by atomic mass is 32.2. The highest BCUT2D eigenvalue weighted by molar-refractivity contribution is 7.86. The largest absolute Gasteiger partial charge is 0.493 e. The van der Waals surface area contributed by atoms with Crippen LogP contribution in [-0.2, 0) is 19.8 Å². The second kappa shape index (κ2) is 12.0. The van der Waals surface area contributed by atoms with Crippen molar-refractivity contribution in [3.63, 3.8) is 0 Å². The van der Waals surface area contributed by atoms with Crippen LogP contribution in [0.2, 0.25) is 0 Å². The molecule has 3 heterocycles. The summed E-state index contributed by atoms with van der Waals surface area (Å²) in [6.45, 7) is -0.191. The number of benzene rings is 1. The Labute approximate surface area is 226 Å². The third-order valence-corrected chi connectivity index (χ3v) is 9.45. The standard InChI is InChI=1S/C25H33F2N5O6S/c1-16(18-7-8-21(38-25(26)27)22(11-18)37-2)29-23(33)20-6-4-10-32(20)24(34)19-5-3-9-30(15-19)39(35,36)31-13-17(12-28)14-31/h7-8,11,16-17,19-20,25H,3-6,9-10,13-15H2,1-2H3,(H,29,33)/t16?,19-,20+/m0/s1. The lowest BCUT2D eigenvalue weighted by atomic mass is 9.97. The molecular weight excluding hydrogens is 536 g/mol. The van der Waals surface area contributed by atoms with Crippen molar-refractivity contribution in [3.05, 3.63) is 23.8 Å². The fourth-order valence-corrected chi connectivity index (χ4v) is 7.09. The van der Waals surface area contributed by atoms with Gasteiger partial charge in [-0.05, 0) is 50.3 Å². The normalized spacial score (nSPS) is 23.6. The molecule has 3 fully saturated rings. The van der Waals surface area contributed by atoms with Gasteiger partial charge in [-0.25, -0.2) is 0 Å². The summed E-state index contributed by atoms with van der Waals surface area (Å²) in [6.07, 6.45) is 2.18. The van der Waals surface area contributed by atoms with Crippen molar-refractivity contribution in [2.75, 3.05) is 39.8 Å². The van der Waals surface area contributed by atoms with Crippen molar-refractivity contribution in [1.82, 2.24) is 18.8 Å². The number of hydrogen-bond donors (Lipinski definition) is 1. The van der Waals surface area contributed by atoms with Crippen molar-refractivity contribution in [2.45, 2.75) is 51.3 Å². The van der Waals surface area contributed by atoms with Gasteiger partial charge < -0.3 is 19.7 Å². The van der Waals surface area contributed by atoms with Gasteiger partial charge in [-0.15, -0.1) is 0 Å². The summed E-state index contributed by atoms with van der Waals surface area (Å²) in [6, 6.07) is 5.27. The molecule has 1 N–H and O–H groups in total. The van der Waals surface area contributed by atoms with Crippen LogP contribution in [0.15, 0.2) is 18.2 Å². The summed E-state index contributed by atoms with van der Waals surface area (Å²) in [7, 11) is -2.42. The molecule has 3 aliphatic heterocycles. The number of piperidine rings is 1. The van der Waals surface area contributed by atoms with E-state index in [1.807, 2.05) is 0 Å². The van der Waals surface area contributed by atoms with Crippen LogP contribution in [0.5, 0.6) is 11.5 Å². The molecule has 11 nitrogen and oxygen atoms in total. The van der Waals surface area contributed by atoms with Crippen molar-refractivity contribution in [2.24, 2.45) is 11.8 Å². The first kappa shape index (κ1) is 29.0. The maximum absolute atomic E-state index is 13.5. The van der Waals surface area contributed by atoms with E-state index < -0.39 is 34.8 Å². The number of halogens is 2. The number of methoxy groups -OCH3 is 1. The Morgan fingerprint density at radius 3 is 2.49 bits per heavy atom. The van der Waals surface area contributed by atoms with E-state index >= 15 is 0 Å². The number of nitrogens with one attached hydrogen (secondary N) is 1. The van der Waals surface area contributed by atoms with Crippen molar-refractivity contribution < 1.29 is 36.3 Å². The molecule has 0 radical (unpaired) electrons. The summed E-state index contributed by atoms with van der Waals surface area (Å²) in [5, 5.41) is 11.9. The zero-order valence-corrected chi connectivity index (χ0v) is 22.7. The van der Waals surface area contributed by atoms with E-state index in [9.17, 15) is 26.8 Å². The van der Waals surface area contributed by atoms with Gasteiger partial charge in [0.05, 0.1) is 31.1 Å². The van der Waals surface area contributed by atoms with Gasteiger partial charge in [0.1, 0.15) is 6.04 Å².